The van der Waals surface area contributed by atoms with Crippen LogP contribution in [0, 0.1) is 11.3 Å². The monoisotopic (exact) mass is 395 g/mol. The number of rotatable bonds is 8. The summed E-state index contributed by atoms with van der Waals surface area (Å²) in [5, 5.41) is 11.5. The number of carbonyl (C=O) groups is 3. The van der Waals surface area contributed by atoms with Gasteiger partial charge in [-0.15, -0.1) is 0 Å². The van der Waals surface area contributed by atoms with Crippen molar-refractivity contribution in [1.82, 2.24) is 0 Å². The van der Waals surface area contributed by atoms with Gasteiger partial charge < -0.3 is 19.7 Å². The van der Waals surface area contributed by atoms with Crippen LogP contribution in [0.1, 0.15) is 23.7 Å². The Kier molecular flexibility index (Phi) is 7.74. The highest BCUT2D eigenvalue weighted by Crippen LogP contribution is 2.28. The Morgan fingerprint density at radius 1 is 1.10 bits per heavy atom. The summed E-state index contributed by atoms with van der Waals surface area (Å²) in [6.07, 6.45) is 0.113. The SMILES string of the molecule is COc1ccccc1N(CCC#N)C(=O)COC(=O)c1ccc(NC(C)=O)cc1. The maximum Gasteiger partial charge on any atom is 0.338 e. The van der Waals surface area contributed by atoms with E-state index < -0.39 is 18.5 Å². The number of para-hydroxylation sites is 2. The molecule has 0 spiro atoms. The van der Waals surface area contributed by atoms with Crippen molar-refractivity contribution in [3.05, 3.63) is 54.1 Å². The molecular formula is C21H21N3O5. The molecular weight excluding hydrogens is 374 g/mol. The zero-order chi connectivity index (χ0) is 21.2. The average Bonchev–Trinajstić information content (AvgIpc) is 2.72. The predicted octanol–water partition coefficient (Wildman–Crippen LogP) is 2.76. The first-order chi connectivity index (χ1) is 14.0. The number of hydrogen-bond donors (Lipinski definition) is 1. The number of anilines is 2. The Hall–Kier alpha value is -3.86. The van der Waals surface area contributed by atoms with Crippen LogP contribution in [0.3, 0.4) is 0 Å². The van der Waals surface area contributed by atoms with E-state index in [0.29, 0.717) is 17.1 Å². The smallest absolute Gasteiger partial charge is 0.338 e. The molecule has 0 saturated heterocycles. The Balaban J connectivity index is 2.06. The molecule has 1 N–H and O–H groups in total. The number of ether oxygens (including phenoxy) is 2. The first-order valence-corrected chi connectivity index (χ1v) is 8.81. The lowest BCUT2D eigenvalue weighted by Crippen LogP contribution is -2.35. The van der Waals surface area contributed by atoms with Crippen LogP contribution in [0.2, 0.25) is 0 Å². The third-order valence-electron chi connectivity index (χ3n) is 3.89. The summed E-state index contributed by atoms with van der Waals surface area (Å²) in [4.78, 5) is 37.3. The van der Waals surface area contributed by atoms with E-state index in [1.807, 2.05) is 6.07 Å². The lowest BCUT2D eigenvalue weighted by atomic mass is 10.2. The molecule has 0 aromatic heterocycles. The quantitative estimate of drug-likeness (QED) is 0.689. The molecule has 150 valence electrons. The molecule has 29 heavy (non-hydrogen) atoms. The van der Waals surface area contributed by atoms with E-state index in [9.17, 15) is 14.4 Å². The molecule has 0 atom stereocenters. The normalized spacial score (nSPS) is 9.83. The molecule has 2 amide bonds. The van der Waals surface area contributed by atoms with Gasteiger partial charge in [0.25, 0.3) is 5.91 Å². The van der Waals surface area contributed by atoms with Gasteiger partial charge in [-0.1, -0.05) is 12.1 Å². The van der Waals surface area contributed by atoms with Crippen molar-refractivity contribution in [3.63, 3.8) is 0 Å². The van der Waals surface area contributed by atoms with E-state index in [2.05, 4.69) is 5.32 Å². The molecule has 0 bridgehead atoms. The molecule has 2 rings (SSSR count). The average molecular weight is 395 g/mol. The summed E-state index contributed by atoms with van der Waals surface area (Å²) in [6, 6.07) is 15.0. The zero-order valence-corrected chi connectivity index (χ0v) is 16.2. The molecule has 0 aliphatic heterocycles. The van der Waals surface area contributed by atoms with E-state index in [1.54, 1.807) is 36.4 Å². The number of nitrogens with one attached hydrogen (secondary N) is 1. The lowest BCUT2D eigenvalue weighted by molar-refractivity contribution is -0.121. The van der Waals surface area contributed by atoms with Gasteiger partial charge in [-0.2, -0.15) is 5.26 Å². The van der Waals surface area contributed by atoms with Crippen LogP contribution in [-0.2, 0) is 14.3 Å². The Morgan fingerprint density at radius 2 is 1.79 bits per heavy atom. The number of benzene rings is 2. The predicted molar refractivity (Wildman–Crippen MR) is 107 cm³/mol. The van der Waals surface area contributed by atoms with E-state index >= 15 is 0 Å². The van der Waals surface area contributed by atoms with Crippen LogP contribution >= 0.6 is 0 Å². The van der Waals surface area contributed by atoms with E-state index in [-0.39, 0.29) is 24.4 Å². The van der Waals surface area contributed by atoms with Gasteiger partial charge >= 0.3 is 5.97 Å². The summed E-state index contributed by atoms with van der Waals surface area (Å²) >= 11 is 0. The number of nitrogens with zero attached hydrogens (tertiary/aromatic N) is 2. The Labute approximate surface area is 168 Å². The number of methoxy groups -OCH3 is 1. The highest BCUT2D eigenvalue weighted by molar-refractivity contribution is 5.98. The second-order valence-corrected chi connectivity index (χ2v) is 5.96. The van der Waals surface area contributed by atoms with Gasteiger partial charge in [0.15, 0.2) is 6.61 Å². The summed E-state index contributed by atoms with van der Waals surface area (Å²) in [6.45, 7) is 1.03. The summed E-state index contributed by atoms with van der Waals surface area (Å²) in [5.74, 6) is -0.903. The summed E-state index contributed by atoms with van der Waals surface area (Å²) in [7, 11) is 1.48. The van der Waals surface area contributed by atoms with Crippen LogP contribution in [0.15, 0.2) is 48.5 Å². The maximum atomic E-state index is 12.7. The fourth-order valence-electron chi connectivity index (χ4n) is 2.58. The first kappa shape index (κ1) is 21.4. The molecule has 2 aromatic rings. The molecule has 0 radical (unpaired) electrons. The molecule has 2 aromatic carbocycles. The van der Waals surface area contributed by atoms with Gasteiger partial charge in [0.1, 0.15) is 5.75 Å². The number of hydrogen-bond acceptors (Lipinski definition) is 6. The Morgan fingerprint density at radius 3 is 2.41 bits per heavy atom. The third kappa shape index (κ3) is 6.07. The van der Waals surface area contributed by atoms with Gasteiger partial charge in [0.2, 0.25) is 5.91 Å². The fraction of sp³-hybridized carbons (Fsp3) is 0.238. The molecule has 0 aliphatic carbocycles. The van der Waals surface area contributed by atoms with Crippen molar-refractivity contribution < 1.29 is 23.9 Å². The van der Waals surface area contributed by atoms with Crippen molar-refractivity contribution in [2.45, 2.75) is 13.3 Å². The van der Waals surface area contributed by atoms with E-state index in [0.717, 1.165) is 0 Å². The molecule has 0 saturated carbocycles. The van der Waals surface area contributed by atoms with Gasteiger partial charge in [-0.05, 0) is 36.4 Å². The number of amides is 2. The Bertz CT molecular complexity index is 919. The number of carbonyl (C=O) groups excluding carboxylic acids is 3. The summed E-state index contributed by atoms with van der Waals surface area (Å²) in [5.41, 5.74) is 1.28. The van der Waals surface area contributed by atoms with Crippen molar-refractivity contribution in [2.75, 3.05) is 30.5 Å². The van der Waals surface area contributed by atoms with Crippen molar-refractivity contribution in [2.24, 2.45) is 0 Å². The number of nitriles is 1. The van der Waals surface area contributed by atoms with Gasteiger partial charge in [-0.3, -0.25) is 9.59 Å². The van der Waals surface area contributed by atoms with Crippen LogP contribution in [0.5, 0.6) is 5.75 Å². The molecule has 8 heteroatoms. The third-order valence-corrected chi connectivity index (χ3v) is 3.89. The second-order valence-electron chi connectivity index (χ2n) is 5.96. The van der Waals surface area contributed by atoms with Gasteiger partial charge in [0, 0.05) is 19.2 Å². The summed E-state index contributed by atoms with van der Waals surface area (Å²) < 4.78 is 10.4. The highest BCUT2D eigenvalue weighted by atomic mass is 16.5. The van der Waals surface area contributed by atoms with Crippen molar-refractivity contribution in [3.8, 4) is 11.8 Å². The van der Waals surface area contributed by atoms with Gasteiger partial charge in [0.05, 0.1) is 30.9 Å². The minimum atomic E-state index is -0.673. The molecule has 0 fully saturated rings. The minimum absolute atomic E-state index is 0.113. The highest BCUT2D eigenvalue weighted by Gasteiger charge is 2.21. The minimum Gasteiger partial charge on any atom is -0.495 e. The fourth-order valence-corrected chi connectivity index (χ4v) is 2.58. The van der Waals surface area contributed by atoms with Crippen molar-refractivity contribution in [1.29, 1.82) is 5.26 Å². The molecule has 0 unspecified atom stereocenters. The molecule has 0 heterocycles. The van der Waals surface area contributed by atoms with Crippen LogP contribution in [0.4, 0.5) is 11.4 Å². The number of esters is 1. The largest absolute Gasteiger partial charge is 0.495 e. The first-order valence-electron chi connectivity index (χ1n) is 8.81. The zero-order valence-electron chi connectivity index (χ0n) is 16.2. The van der Waals surface area contributed by atoms with Crippen LogP contribution in [-0.4, -0.2) is 38.0 Å². The van der Waals surface area contributed by atoms with E-state index in [1.165, 1.54) is 31.1 Å². The van der Waals surface area contributed by atoms with Crippen LogP contribution in [0.25, 0.3) is 0 Å². The lowest BCUT2D eigenvalue weighted by Gasteiger charge is -2.23. The van der Waals surface area contributed by atoms with E-state index in [4.69, 9.17) is 14.7 Å². The topological polar surface area (TPSA) is 109 Å². The second kappa shape index (κ2) is 10.5. The van der Waals surface area contributed by atoms with Crippen molar-refractivity contribution >= 4 is 29.2 Å². The maximum absolute atomic E-state index is 12.7. The molecule has 8 nitrogen and oxygen atoms in total. The van der Waals surface area contributed by atoms with Crippen LogP contribution < -0.4 is 15.0 Å². The van der Waals surface area contributed by atoms with Gasteiger partial charge in [-0.25, -0.2) is 4.79 Å². The molecule has 0 aliphatic rings. The standard InChI is InChI=1S/C21H21N3O5/c1-15(25)23-17-10-8-16(9-11-17)21(27)29-14-20(26)24(13-5-12-22)18-6-3-4-7-19(18)28-2/h3-4,6-11H,5,13-14H2,1-2H3,(H,23,25).